The average molecular weight is 532 g/mol. The molecular formula is C22H18Cl2F3N3O3S. The molecule has 0 aliphatic rings. The number of rotatable bonds is 8. The first-order valence-electron chi connectivity index (χ1n) is 9.79. The largest absolute Gasteiger partial charge is 0.433 e. The number of carbonyl (C=O) groups excluding carboxylic acids is 1. The number of nitrogens with zero attached hydrogens (tertiary/aromatic N) is 2. The molecule has 0 aliphatic carbocycles. The zero-order chi connectivity index (χ0) is 24.9. The monoisotopic (exact) mass is 531 g/mol. The summed E-state index contributed by atoms with van der Waals surface area (Å²) in [4.78, 5) is 15.9. The molecule has 12 heteroatoms. The maximum Gasteiger partial charge on any atom is 0.433 e. The van der Waals surface area contributed by atoms with Crippen LogP contribution in [0.4, 0.5) is 18.9 Å². The smallest absolute Gasteiger partial charge is 0.346 e. The predicted octanol–water partition coefficient (Wildman–Crippen LogP) is 5.52. The lowest BCUT2D eigenvalue weighted by Gasteiger charge is -2.20. The molecule has 0 saturated carbocycles. The van der Waals surface area contributed by atoms with Crippen LogP contribution in [0.3, 0.4) is 0 Å². The summed E-state index contributed by atoms with van der Waals surface area (Å²) in [5, 5.41) is 3.26. The summed E-state index contributed by atoms with van der Waals surface area (Å²) >= 11 is 9.83. The van der Waals surface area contributed by atoms with Crippen molar-refractivity contribution in [1.82, 2.24) is 10.3 Å². The Balaban J connectivity index is 1.64. The first-order valence-corrected chi connectivity index (χ1v) is 11.6. The molecule has 1 amide bonds. The Hall–Kier alpha value is -2.66. The number of alkyl halides is 3. The minimum absolute atomic E-state index is 0.0568. The fourth-order valence-electron chi connectivity index (χ4n) is 3.05. The highest BCUT2D eigenvalue weighted by Gasteiger charge is 2.32. The number of nitrogens with one attached hydrogen (secondary N) is 1. The van der Waals surface area contributed by atoms with Crippen LogP contribution in [0.25, 0.3) is 0 Å². The van der Waals surface area contributed by atoms with Gasteiger partial charge in [-0.05, 0) is 54.4 Å². The number of anilines is 1. The highest BCUT2D eigenvalue weighted by Crippen LogP contribution is 2.28. The van der Waals surface area contributed by atoms with E-state index in [4.69, 9.17) is 23.2 Å². The van der Waals surface area contributed by atoms with Gasteiger partial charge in [-0.3, -0.25) is 13.7 Å². The molecule has 1 atom stereocenters. The predicted molar refractivity (Wildman–Crippen MR) is 125 cm³/mol. The van der Waals surface area contributed by atoms with Crippen LogP contribution in [-0.2, 0) is 30.4 Å². The van der Waals surface area contributed by atoms with Gasteiger partial charge in [0.05, 0.1) is 28.0 Å². The van der Waals surface area contributed by atoms with E-state index in [1.54, 1.807) is 18.2 Å². The normalized spacial score (nSPS) is 12.3. The molecule has 180 valence electrons. The van der Waals surface area contributed by atoms with Crippen molar-refractivity contribution in [2.45, 2.75) is 19.1 Å². The Morgan fingerprint density at radius 2 is 1.74 bits per heavy atom. The lowest BCUT2D eigenvalue weighted by atomic mass is 10.1. The second-order valence-electron chi connectivity index (χ2n) is 7.04. The highest BCUT2D eigenvalue weighted by molar-refractivity contribution is 7.80. The van der Waals surface area contributed by atoms with E-state index in [2.05, 4.69) is 10.3 Å². The van der Waals surface area contributed by atoms with Gasteiger partial charge in [0.25, 0.3) is 17.2 Å². The topological polar surface area (TPSA) is 82.5 Å². The minimum atomic E-state index is -4.58. The van der Waals surface area contributed by atoms with E-state index in [0.717, 1.165) is 6.07 Å². The van der Waals surface area contributed by atoms with E-state index in [9.17, 15) is 26.7 Å². The number of aromatic nitrogens is 1. The molecule has 2 aromatic carbocycles. The van der Waals surface area contributed by atoms with Crippen molar-refractivity contribution < 1.29 is 26.7 Å². The number of pyridine rings is 1. The van der Waals surface area contributed by atoms with Gasteiger partial charge in [-0.25, -0.2) is 9.19 Å². The highest BCUT2D eigenvalue weighted by atomic mass is 35.5. The van der Waals surface area contributed by atoms with Crippen molar-refractivity contribution >= 4 is 46.1 Å². The molecule has 3 aromatic rings. The summed E-state index contributed by atoms with van der Waals surface area (Å²) in [5.41, 5.74) is 0.331. The van der Waals surface area contributed by atoms with Gasteiger partial charge in [0.2, 0.25) is 0 Å². The van der Waals surface area contributed by atoms with Crippen molar-refractivity contribution in [3.63, 3.8) is 0 Å². The van der Waals surface area contributed by atoms with Crippen LogP contribution in [0.15, 0.2) is 60.7 Å². The number of carbonyl (C=O) groups is 1. The molecule has 34 heavy (non-hydrogen) atoms. The third-order valence-electron chi connectivity index (χ3n) is 4.75. The molecule has 1 aromatic heterocycles. The summed E-state index contributed by atoms with van der Waals surface area (Å²) in [7, 11) is 0. The molecule has 2 N–H and O–H groups in total. The van der Waals surface area contributed by atoms with E-state index < -0.39 is 29.0 Å². The van der Waals surface area contributed by atoms with Crippen LogP contribution in [0, 0.1) is 0 Å². The van der Waals surface area contributed by atoms with Crippen LogP contribution in [0.1, 0.15) is 27.3 Å². The second kappa shape index (κ2) is 11.2. The molecule has 0 saturated heterocycles. The average Bonchev–Trinajstić information content (AvgIpc) is 2.80. The summed E-state index contributed by atoms with van der Waals surface area (Å²) in [6.07, 6.45) is -4.23. The van der Waals surface area contributed by atoms with Gasteiger partial charge in [-0.2, -0.15) is 13.2 Å². The summed E-state index contributed by atoms with van der Waals surface area (Å²) in [5.74, 6) is -0.534. The number of hydrogen-bond donors (Lipinski definition) is 2. The maximum absolute atomic E-state index is 12.8. The Kier molecular flexibility index (Phi) is 8.53. The third-order valence-corrected chi connectivity index (χ3v) is 6.38. The number of benzene rings is 2. The lowest BCUT2D eigenvalue weighted by Crippen LogP contribution is -2.28. The molecular weight excluding hydrogens is 514 g/mol. The SMILES string of the molecule is O=C(NCc1cccc(C(F)(F)F)n1)c1ccc(N(CCc2cccc(Cl)c2Cl)S(=O)O)cc1. The zero-order valence-corrected chi connectivity index (χ0v) is 19.7. The minimum Gasteiger partial charge on any atom is -0.346 e. The van der Waals surface area contributed by atoms with Gasteiger partial charge in [0, 0.05) is 12.1 Å². The molecule has 0 bridgehead atoms. The fourth-order valence-corrected chi connectivity index (χ4v) is 4.01. The Bertz CT molecular complexity index is 1190. The van der Waals surface area contributed by atoms with Gasteiger partial charge in [-0.1, -0.05) is 41.4 Å². The first-order chi connectivity index (χ1) is 16.1. The third kappa shape index (κ3) is 6.69. The van der Waals surface area contributed by atoms with E-state index >= 15 is 0 Å². The quantitative estimate of drug-likeness (QED) is 0.375. The van der Waals surface area contributed by atoms with Crippen molar-refractivity contribution in [2.24, 2.45) is 0 Å². The van der Waals surface area contributed by atoms with E-state index in [0.29, 0.717) is 27.7 Å². The molecule has 0 spiro atoms. The van der Waals surface area contributed by atoms with Gasteiger partial charge in [-0.15, -0.1) is 0 Å². The van der Waals surface area contributed by atoms with Gasteiger partial charge in [0.1, 0.15) is 5.69 Å². The second-order valence-corrected chi connectivity index (χ2v) is 8.72. The molecule has 3 rings (SSSR count). The van der Waals surface area contributed by atoms with Crippen LogP contribution in [-0.4, -0.2) is 26.2 Å². The molecule has 0 aliphatic heterocycles. The van der Waals surface area contributed by atoms with E-state index in [-0.39, 0.29) is 24.3 Å². The van der Waals surface area contributed by atoms with Crippen LogP contribution in [0.5, 0.6) is 0 Å². The van der Waals surface area contributed by atoms with Gasteiger partial charge < -0.3 is 5.32 Å². The van der Waals surface area contributed by atoms with Crippen molar-refractivity contribution in [3.8, 4) is 0 Å². The number of halogens is 5. The van der Waals surface area contributed by atoms with Crippen molar-refractivity contribution in [1.29, 1.82) is 0 Å². The molecule has 1 unspecified atom stereocenters. The zero-order valence-electron chi connectivity index (χ0n) is 17.4. The summed E-state index contributed by atoms with van der Waals surface area (Å²) in [6.45, 7) is -0.0480. The van der Waals surface area contributed by atoms with E-state index in [1.165, 1.54) is 40.7 Å². The number of hydrogen-bond acceptors (Lipinski definition) is 3. The molecule has 0 radical (unpaired) electrons. The summed E-state index contributed by atoms with van der Waals surface area (Å²) in [6, 6.07) is 14.4. The fraction of sp³-hybridized carbons (Fsp3) is 0.182. The Labute approximate surface area is 206 Å². The molecule has 6 nitrogen and oxygen atoms in total. The van der Waals surface area contributed by atoms with Crippen LogP contribution in [0.2, 0.25) is 10.0 Å². The molecule has 1 heterocycles. The van der Waals surface area contributed by atoms with E-state index in [1.807, 2.05) is 0 Å². The standard InChI is InChI=1S/C22H18Cl2F3N3O3S/c23-18-5-1-3-14(20(18)24)11-12-30(34(32)33)17-9-7-15(8-10-17)21(31)28-13-16-4-2-6-19(29-16)22(25,26)27/h1-10H,11-13H2,(H,28,31)(H,32,33). The van der Waals surface area contributed by atoms with Crippen LogP contribution >= 0.6 is 23.2 Å². The summed E-state index contributed by atoms with van der Waals surface area (Å²) < 4.78 is 61.1. The van der Waals surface area contributed by atoms with Crippen molar-refractivity contribution in [3.05, 3.63) is 93.2 Å². The Morgan fingerprint density at radius 1 is 1.06 bits per heavy atom. The molecule has 0 fully saturated rings. The lowest BCUT2D eigenvalue weighted by molar-refractivity contribution is -0.141. The van der Waals surface area contributed by atoms with Crippen LogP contribution < -0.4 is 9.62 Å². The first kappa shape index (κ1) is 26.0. The number of amides is 1. The van der Waals surface area contributed by atoms with Crippen molar-refractivity contribution in [2.75, 3.05) is 10.8 Å². The maximum atomic E-state index is 12.8. The van der Waals surface area contributed by atoms with Gasteiger partial charge in [0.15, 0.2) is 0 Å². The van der Waals surface area contributed by atoms with Gasteiger partial charge >= 0.3 is 6.18 Å². The Morgan fingerprint density at radius 3 is 2.38 bits per heavy atom.